The molecule has 0 fully saturated rings. The zero-order valence-corrected chi connectivity index (χ0v) is 13.0. The van der Waals surface area contributed by atoms with Gasteiger partial charge in [0.2, 0.25) is 0 Å². The number of aromatic nitrogens is 2. The standard InChI is InChI=1S/C19H20N2O/c1-14-19(17-6-4-3-5-7-17)15(2)21(20-14)18-10-8-16(9-11-18)12-13-22/h3-11,22H,12-13H2,1-2H3. The Morgan fingerprint density at radius 3 is 2.27 bits per heavy atom. The van der Waals surface area contributed by atoms with Crippen LogP contribution in [0.5, 0.6) is 0 Å². The van der Waals surface area contributed by atoms with Crippen LogP contribution in [0, 0.1) is 13.8 Å². The van der Waals surface area contributed by atoms with E-state index in [1.807, 2.05) is 29.8 Å². The molecule has 112 valence electrons. The maximum atomic E-state index is 9.00. The Balaban J connectivity index is 2.02. The summed E-state index contributed by atoms with van der Waals surface area (Å²) in [6.07, 6.45) is 0.687. The molecule has 1 aromatic heterocycles. The van der Waals surface area contributed by atoms with Gasteiger partial charge in [-0.2, -0.15) is 5.10 Å². The molecule has 0 aliphatic heterocycles. The first kappa shape index (κ1) is 14.5. The van der Waals surface area contributed by atoms with Crippen molar-refractivity contribution in [1.29, 1.82) is 0 Å². The van der Waals surface area contributed by atoms with E-state index in [4.69, 9.17) is 10.2 Å². The van der Waals surface area contributed by atoms with Gasteiger partial charge in [-0.25, -0.2) is 4.68 Å². The molecule has 1 N–H and O–H groups in total. The van der Waals surface area contributed by atoms with E-state index in [9.17, 15) is 0 Å². The summed E-state index contributed by atoms with van der Waals surface area (Å²) in [5.74, 6) is 0. The highest BCUT2D eigenvalue weighted by molar-refractivity contribution is 5.69. The van der Waals surface area contributed by atoms with Crippen LogP contribution in [0.3, 0.4) is 0 Å². The number of nitrogens with zero attached hydrogens (tertiary/aromatic N) is 2. The molecule has 0 saturated carbocycles. The maximum Gasteiger partial charge on any atom is 0.0679 e. The van der Waals surface area contributed by atoms with Gasteiger partial charge >= 0.3 is 0 Å². The van der Waals surface area contributed by atoms with Crippen molar-refractivity contribution in [1.82, 2.24) is 9.78 Å². The van der Waals surface area contributed by atoms with Gasteiger partial charge in [0.05, 0.1) is 11.4 Å². The van der Waals surface area contributed by atoms with E-state index in [0.29, 0.717) is 6.42 Å². The summed E-state index contributed by atoms with van der Waals surface area (Å²) < 4.78 is 1.99. The Morgan fingerprint density at radius 1 is 0.955 bits per heavy atom. The Hall–Kier alpha value is -2.39. The fourth-order valence-electron chi connectivity index (χ4n) is 2.85. The molecule has 0 spiro atoms. The monoisotopic (exact) mass is 292 g/mol. The van der Waals surface area contributed by atoms with E-state index >= 15 is 0 Å². The van der Waals surface area contributed by atoms with E-state index in [2.05, 4.69) is 43.3 Å². The predicted molar refractivity (Wildman–Crippen MR) is 89.3 cm³/mol. The van der Waals surface area contributed by atoms with E-state index < -0.39 is 0 Å². The van der Waals surface area contributed by atoms with E-state index in [-0.39, 0.29) is 6.61 Å². The zero-order chi connectivity index (χ0) is 15.5. The molecule has 2 aromatic carbocycles. The van der Waals surface area contributed by atoms with Crippen molar-refractivity contribution in [2.24, 2.45) is 0 Å². The quantitative estimate of drug-likeness (QED) is 0.796. The molecule has 0 amide bonds. The summed E-state index contributed by atoms with van der Waals surface area (Å²) in [5.41, 5.74) is 6.74. The largest absolute Gasteiger partial charge is 0.396 e. The fraction of sp³-hybridized carbons (Fsp3) is 0.211. The van der Waals surface area contributed by atoms with Crippen LogP contribution >= 0.6 is 0 Å². The lowest BCUT2D eigenvalue weighted by Crippen LogP contribution is -2.00. The molecule has 0 atom stereocenters. The van der Waals surface area contributed by atoms with E-state index in [1.54, 1.807) is 0 Å². The molecule has 0 aliphatic carbocycles. The van der Waals surface area contributed by atoms with Crippen molar-refractivity contribution in [3.63, 3.8) is 0 Å². The van der Waals surface area contributed by atoms with Crippen LogP contribution in [0.15, 0.2) is 54.6 Å². The lowest BCUT2D eigenvalue weighted by Gasteiger charge is -2.07. The highest BCUT2D eigenvalue weighted by atomic mass is 16.2. The normalized spacial score (nSPS) is 10.9. The summed E-state index contributed by atoms with van der Waals surface area (Å²) in [4.78, 5) is 0. The van der Waals surface area contributed by atoms with Crippen molar-refractivity contribution in [2.45, 2.75) is 20.3 Å². The number of hydrogen-bond acceptors (Lipinski definition) is 2. The summed E-state index contributed by atoms with van der Waals surface area (Å²) in [6.45, 7) is 4.33. The summed E-state index contributed by atoms with van der Waals surface area (Å²) >= 11 is 0. The molecule has 3 nitrogen and oxygen atoms in total. The van der Waals surface area contributed by atoms with Gasteiger partial charge < -0.3 is 5.11 Å². The third-order valence-corrected chi connectivity index (χ3v) is 3.94. The molecule has 3 aromatic rings. The number of aliphatic hydroxyl groups excluding tert-OH is 1. The fourth-order valence-corrected chi connectivity index (χ4v) is 2.85. The second-order valence-electron chi connectivity index (χ2n) is 5.46. The predicted octanol–water partition coefficient (Wildman–Crippen LogP) is 3.69. The molecular formula is C19H20N2O. The van der Waals surface area contributed by atoms with Gasteiger partial charge in [0.1, 0.15) is 0 Å². The molecule has 22 heavy (non-hydrogen) atoms. The minimum absolute atomic E-state index is 0.178. The molecule has 0 aliphatic rings. The van der Waals surface area contributed by atoms with Crippen LogP contribution in [0.25, 0.3) is 16.8 Å². The lowest BCUT2D eigenvalue weighted by atomic mass is 10.0. The van der Waals surface area contributed by atoms with Gasteiger partial charge in [-0.05, 0) is 43.5 Å². The van der Waals surface area contributed by atoms with Crippen LogP contribution < -0.4 is 0 Å². The molecule has 0 radical (unpaired) electrons. The van der Waals surface area contributed by atoms with Gasteiger partial charge in [-0.3, -0.25) is 0 Å². The van der Waals surface area contributed by atoms with Gasteiger partial charge in [-0.15, -0.1) is 0 Å². The number of benzene rings is 2. The summed E-state index contributed by atoms with van der Waals surface area (Å²) in [7, 11) is 0. The zero-order valence-electron chi connectivity index (χ0n) is 13.0. The first-order chi connectivity index (χ1) is 10.7. The molecule has 3 heteroatoms. The SMILES string of the molecule is Cc1nn(-c2ccc(CCO)cc2)c(C)c1-c1ccccc1. The van der Waals surface area contributed by atoms with E-state index in [1.165, 1.54) is 11.1 Å². The number of hydrogen-bond donors (Lipinski definition) is 1. The Kier molecular flexibility index (Phi) is 4.07. The highest BCUT2D eigenvalue weighted by Crippen LogP contribution is 2.28. The van der Waals surface area contributed by atoms with Crippen LogP contribution in [0.2, 0.25) is 0 Å². The van der Waals surface area contributed by atoms with Crippen molar-refractivity contribution in [3.8, 4) is 16.8 Å². The van der Waals surface area contributed by atoms with Gasteiger partial charge in [0.15, 0.2) is 0 Å². The summed E-state index contributed by atoms with van der Waals surface area (Å²) in [5, 5.41) is 13.7. The van der Waals surface area contributed by atoms with Gasteiger partial charge in [-0.1, -0.05) is 42.5 Å². The molecular weight excluding hydrogens is 272 g/mol. The van der Waals surface area contributed by atoms with Gasteiger partial charge in [0, 0.05) is 17.9 Å². The molecule has 1 heterocycles. The Labute approximate surface area is 130 Å². The number of aliphatic hydroxyl groups is 1. The molecule has 0 unspecified atom stereocenters. The lowest BCUT2D eigenvalue weighted by molar-refractivity contribution is 0.299. The van der Waals surface area contributed by atoms with Crippen molar-refractivity contribution >= 4 is 0 Å². The third kappa shape index (κ3) is 2.68. The van der Waals surface area contributed by atoms with E-state index in [0.717, 1.165) is 22.6 Å². The molecule has 3 rings (SSSR count). The third-order valence-electron chi connectivity index (χ3n) is 3.94. The molecule has 0 bridgehead atoms. The first-order valence-corrected chi connectivity index (χ1v) is 7.52. The smallest absolute Gasteiger partial charge is 0.0679 e. The van der Waals surface area contributed by atoms with Gasteiger partial charge in [0.25, 0.3) is 0 Å². The second-order valence-corrected chi connectivity index (χ2v) is 5.46. The van der Waals surface area contributed by atoms with Crippen LogP contribution in [0.1, 0.15) is 17.0 Å². The average molecular weight is 292 g/mol. The highest BCUT2D eigenvalue weighted by Gasteiger charge is 2.14. The second kappa shape index (κ2) is 6.16. The molecule has 0 saturated heterocycles. The Bertz CT molecular complexity index is 758. The van der Waals surface area contributed by atoms with Crippen LogP contribution in [-0.2, 0) is 6.42 Å². The minimum atomic E-state index is 0.178. The van der Waals surface area contributed by atoms with Crippen LogP contribution in [0.4, 0.5) is 0 Å². The average Bonchev–Trinajstić information content (AvgIpc) is 2.84. The first-order valence-electron chi connectivity index (χ1n) is 7.52. The Morgan fingerprint density at radius 2 is 1.64 bits per heavy atom. The topological polar surface area (TPSA) is 38.0 Å². The van der Waals surface area contributed by atoms with Crippen molar-refractivity contribution in [3.05, 3.63) is 71.5 Å². The maximum absolute atomic E-state index is 9.00. The summed E-state index contributed by atoms with van der Waals surface area (Å²) in [6, 6.07) is 18.6. The number of aryl methyl sites for hydroxylation is 1. The minimum Gasteiger partial charge on any atom is -0.396 e. The van der Waals surface area contributed by atoms with Crippen molar-refractivity contribution in [2.75, 3.05) is 6.61 Å². The van der Waals surface area contributed by atoms with Crippen LogP contribution in [-0.4, -0.2) is 21.5 Å². The number of rotatable bonds is 4. The van der Waals surface area contributed by atoms with Crippen molar-refractivity contribution < 1.29 is 5.11 Å².